The van der Waals surface area contributed by atoms with Crippen molar-refractivity contribution in [3.63, 3.8) is 0 Å². The monoisotopic (exact) mass is 1130 g/mol. The first-order valence-electron chi connectivity index (χ1n) is 35.8. The Morgan fingerprint density at radius 2 is 0.444 bits per heavy atom. The van der Waals surface area contributed by atoms with Crippen LogP contribution in [0.3, 0.4) is 0 Å². The van der Waals surface area contributed by atoms with Crippen LogP contribution < -0.4 is 0 Å². The van der Waals surface area contributed by atoms with Crippen LogP contribution in [0, 0.1) is 0 Å². The Bertz CT molecular complexity index is 1440. The fourth-order valence-corrected chi connectivity index (χ4v) is 10.6. The number of allylic oxidation sites excluding steroid dienone is 10. The molecule has 0 saturated heterocycles. The van der Waals surface area contributed by atoms with Crippen molar-refractivity contribution >= 4 is 17.9 Å². The summed E-state index contributed by atoms with van der Waals surface area (Å²) >= 11 is 0. The molecule has 6 heteroatoms. The minimum absolute atomic E-state index is 0.0773. The third-order valence-corrected chi connectivity index (χ3v) is 16.0. The zero-order chi connectivity index (χ0) is 58.5. The standard InChI is InChI=1S/C75H136O6/c1-4-7-10-13-16-19-22-25-28-30-32-33-34-35-36-37-38-39-40-41-43-44-47-50-53-56-59-62-65-68-74(77)80-71-72(70-79-73(76)67-64-61-58-55-52-49-46-27-24-21-18-15-12-9-6-3)81-75(78)69-66-63-60-57-54-51-48-45-42-31-29-26-23-20-17-14-11-8-5-2/h17-18,20-21,26-27,29-30,32,46,72H,4-16,19,22-25,28,31,33-45,47-71H2,1-3H3/b20-17-,21-18-,29-26-,32-30-,46-27-. The van der Waals surface area contributed by atoms with Gasteiger partial charge in [-0.15, -0.1) is 0 Å². The first kappa shape index (κ1) is 78.1. The lowest BCUT2D eigenvalue weighted by Crippen LogP contribution is -2.30. The van der Waals surface area contributed by atoms with Gasteiger partial charge in [-0.1, -0.05) is 313 Å². The van der Waals surface area contributed by atoms with E-state index in [9.17, 15) is 14.4 Å². The zero-order valence-corrected chi connectivity index (χ0v) is 54.3. The molecule has 0 fully saturated rings. The molecule has 81 heavy (non-hydrogen) atoms. The van der Waals surface area contributed by atoms with E-state index in [1.165, 1.54) is 257 Å². The smallest absolute Gasteiger partial charge is 0.306 e. The average molecular weight is 1130 g/mol. The molecule has 0 aliphatic rings. The highest BCUT2D eigenvalue weighted by atomic mass is 16.6. The molecule has 1 atom stereocenters. The van der Waals surface area contributed by atoms with Crippen molar-refractivity contribution in [1.29, 1.82) is 0 Å². The molecule has 0 aromatic carbocycles. The van der Waals surface area contributed by atoms with E-state index in [0.29, 0.717) is 19.3 Å². The SMILES string of the molecule is CCCCC/C=C\C/C=C\CCCCCCCCCCCC(=O)OC(COC(=O)CCCCCCC/C=C\C/C=C\CCCCC)COC(=O)CCCCCCCCCCCCCCCCCCC/C=C\CCCCCCCCCC. The molecule has 0 rings (SSSR count). The molecule has 0 bridgehead atoms. The molecule has 0 heterocycles. The number of carbonyl (C=O) groups excluding carboxylic acids is 3. The lowest BCUT2D eigenvalue weighted by molar-refractivity contribution is -0.167. The fraction of sp³-hybridized carbons (Fsp3) is 0.827. The van der Waals surface area contributed by atoms with Crippen LogP contribution in [0.1, 0.15) is 380 Å². The van der Waals surface area contributed by atoms with Crippen molar-refractivity contribution in [3.05, 3.63) is 60.8 Å². The molecule has 6 nitrogen and oxygen atoms in total. The van der Waals surface area contributed by atoms with Gasteiger partial charge in [0.05, 0.1) is 0 Å². The molecule has 0 aliphatic heterocycles. The van der Waals surface area contributed by atoms with Crippen molar-refractivity contribution in [2.45, 2.75) is 386 Å². The topological polar surface area (TPSA) is 78.9 Å². The first-order valence-corrected chi connectivity index (χ1v) is 35.8. The van der Waals surface area contributed by atoms with Crippen LogP contribution >= 0.6 is 0 Å². The largest absolute Gasteiger partial charge is 0.462 e. The quantitative estimate of drug-likeness (QED) is 0.0261. The maximum atomic E-state index is 12.9. The summed E-state index contributed by atoms with van der Waals surface area (Å²) in [4.78, 5) is 38.4. The normalized spacial score (nSPS) is 12.4. The molecule has 1 unspecified atom stereocenters. The van der Waals surface area contributed by atoms with E-state index in [1.807, 2.05) is 0 Å². The second-order valence-electron chi connectivity index (χ2n) is 24.1. The Morgan fingerprint density at radius 1 is 0.247 bits per heavy atom. The Kier molecular flexibility index (Phi) is 67.1. The molecule has 0 saturated carbocycles. The van der Waals surface area contributed by atoms with Gasteiger partial charge in [0.15, 0.2) is 6.10 Å². The van der Waals surface area contributed by atoms with Gasteiger partial charge in [0.25, 0.3) is 0 Å². The third-order valence-electron chi connectivity index (χ3n) is 16.0. The molecule has 0 spiro atoms. The second kappa shape index (κ2) is 69.6. The molecule has 0 N–H and O–H groups in total. The van der Waals surface area contributed by atoms with E-state index in [1.54, 1.807) is 0 Å². The predicted octanol–water partition coefficient (Wildman–Crippen LogP) is 24.7. The summed E-state index contributed by atoms with van der Waals surface area (Å²) in [5.74, 6) is -0.873. The number of ether oxygens (including phenoxy) is 3. The van der Waals surface area contributed by atoms with Crippen LogP contribution in [0.4, 0.5) is 0 Å². The predicted molar refractivity (Wildman–Crippen MR) is 353 cm³/mol. The van der Waals surface area contributed by atoms with E-state index < -0.39 is 6.10 Å². The van der Waals surface area contributed by atoms with Gasteiger partial charge in [0.1, 0.15) is 13.2 Å². The number of hydrogen-bond acceptors (Lipinski definition) is 6. The van der Waals surface area contributed by atoms with E-state index in [4.69, 9.17) is 14.2 Å². The molecule has 0 aromatic rings. The van der Waals surface area contributed by atoms with E-state index in [-0.39, 0.29) is 31.1 Å². The first-order chi connectivity index (χ1) is 40.0. The summed E-state index contributed by atoms with van der Waals surface area (Å²) in [7, 11) is 0. The van der Waals surface area contributed by atoms with E-state index in [0.717, 1.165) is 83.5 Å². The Hall–Kier alpha value is -2.89. The number of carbonyl (C=O) groups is 3. The van der Waals surface area contributed by atoms with Crippen LogP contribution in [0.15, 0.2) is 60.8 Å². The molecule has 472 valence electrons. The molecule has 0 aliphatic carbocycles. The minimum atomic E-state index is -0.783. The minimum Gasteiger partial charge on any atom is -0.462 e. The Labute approximate surface area is 504 Å². The van der Waals surface area contributed by atoms with Gasteiger partial charge in [-0.2, -0.15) is 0 Å². The van der Waals surface area contributed by atoms with Crippen molar-refractivity contribution in [2.24, 2.45) is 0 Å². The maximum Gasteiger partial charge on any atom is 0.306 e. The number of rotatable bonds is 66. The lowest BCUT2D eigenvalue weighted by Gasteiger charge is -2.18. The highest BCUT2D eigenvalue weighted by molar-refractivity contribution is 5.71. The van der Waals surface area contributed by atoms with Gasteiger partial charge in [-0.25, -0.2) is 0 Å². The van der Waals surface area contributed by atoms with Gasteiger partial charge in [-0.05, 0) is 109 Å². The molecular weight excluding hydrogens is 997 g/mol. The van der Waals surface area contributed by atoms with Crippen LogP contribution in [0.5, 0.6) is 0 Å². The number of unbranched alkanes of at least 4 members (excludes halogenated alkanes) is 45. The summed E-state index contributed by atoms with van der Waals surface area (Å²) in [6.07, 6.45) is 89.7. The van der Waals surface area contributed by atoms with E-state index >= 15 is 0 Å². The highest BCUT2D eigenvalue weighted by Gasteiger charge is 2.19. The number of hydrogen-bond donors (Lipinski definition) is 0. The van der Waals surface area contributed by atoms with Crippen LogP contribution in [0.25, 0.3) is 0 Å². The third kappa shape index (κ3) is 67.8. The highest BCUT2D eigenvalue weighted by Crippen LogP contribution is 2.18. The van der Waals surface area contributed by atoms with Crippen molar-refractivity contribution < 1.29 is 28.6 Å². The van der Waals surface area contributed by atoms with Crippen molar-refractivity contribution in [3.8, 4) is 0 Å². The molecule has 0 aromatic heterocycles. The summed E-state index contributed by atoms with van der Waals surface area (Å²) in [5.41, 5.74) is 0. The Morgan fingerprint density at radius 3 is 0.716 bits per heavy atom. The van der Waals surface area contributed by atoms with Gasteiger partial charge < -0.3 is 14.2 Å². The van der Waals surface area contributed by atoms with Gasteiger partial charge in [0, 0.05) is 19.3 Å². The van der Waals surface area contributed by atoms with Crippen molar-refractivity contribution in [2.75, 3.05) is 13.2 Å². The van der Waals surface area contributed by atoms with Crippen molar-refractivity contribution in [1.82, 2.24) is 0 Å². The molecule has 0 radical (unpaired) electrons. The van der Waals surface area contributed by atoms with Crippen LogP contribution in [-0.2, 0) is 28.6 Å². The summed E-state index contributed by atoms with van der Waals surface area (Å²) < 4.78 is 17.0. The second-order valence-corrected chi connectivity index (χ2v) is 24.1. The average Bonchev–Trinajstić information content (AvgIpc) is 3.47. The lowest BCUT2D eigenvalue weighted by atomic mass is 10.0. The summed E-state index contributed by atoms with van der Waals surface area (Å²) in [5, 5.41) is 0. The maximum absolute atomic E-state index is 12.9. The fourth-order valence-electron chi connectivity index (χ4n) is 10.6. The number of esters is 3. The van der Waals surface area contributed by atoms with Crippen LogP contribution in [-0.4, -0.2) is 37.2 Å². The van der Waals surface area contributed by atoms with Crippen LogP contribution in [0.2, 0.25) is 0 Å². The summed E-state index contributed by atoms with van der Waals surface area (Å²) in [6, 6.07) is 0. The summed E-state index contributed by atoms with van der Waals surface area (Å²) in [6.45, 7) is 6.63. The van der Waals surface area contributed by atoms with Gasteiger partial charge in [0.2, 0.25) is 0 Å². The van der Waals surface area contributed by atoms with E-state index in [2.05, 4.69) is 81.5 Å². The zero-order valence-electron chi connectivity index (χ0n) is 54.3. The molecule has 0 amide bonds. The van der Waals surface area contributed by atoms with Gasteiger partial charge >= 0.3 is 17.9 Å². The molecular formula is C75H136O6. The Balaban J connectivity index is 4.24. The van der Waals surface area contributed by atoms with Gasteiger partial charge in [-0.3, -0.25) is 14.4 Å².